The zero-order valence-corrected chi connectivity index (χ0v) is 10.9. The van der Waals surface area contributed by atoms with Crippen molar-refractivity contribution in [1.82, 2.24) is 0 Å². The maximum atomic E-state index is 11.5. The summed E-state index contributed by atoms with van der Waals surface area (Å²) in [5, 5.41) is 0. The quantitative estimate of drug-likeness (QED) is 0.485. The molecular weight excluding hydrogens is 276 g/mol. The molecule has 88 valence electrons. The van der Waals surface area contributed by atoms with Crippen LogP contribution >= 0.6 is 15.9 Å². The molecule has 1 unspecified atom stereocenters. The number of methoxy groups -OCH3 is 2. The van der Waals surface area contributed by atoms with E-state index in [9.17, 15) is 4.79 Å². The number of halogens is 1. The number of benzene rings is 1. The fraction of sp³-hybridized carbons (Fsp3) is 0.364. The highest BCUT2D eigenvalue weighted by atomic mass is 79.9. The van der Waals surface area contributed by atoms with E-state index in [1.54, 1.807) is 25.1 Å². The minimum absolute atomic E-state index is 0.295. The van der Waals surface area contributed by atoms with Crippen molar-refractivity contribution in [3.8, 4) is 17.2 Å². The predicted octanol–water partition coefficient (Wildman–Crippen LogP) is 2.39. The van der Waals surface area contributed by atoms with Gasteiger partial charge < -0.3 is 14.2 Å². The van der Waals surface area contributed by atoms with Crippen LogP contribution in [-0.4, -0.2) is 25.0 Å². The normalized spacial score (nSPS) is 11.8. The van der Waals surface area contributed by atoms with E-state index in [1.165, 1.54) is 14.2 Å². The highest BCUT2D eigenvalue weighted by Gasteiger charge is 2.18. The SMILES string of the molecule is COc1cccc(OC)c1OC(=O)C(C)Br. The number of esters is 1. The standard InChI is InChI=1S/C11H13BrO4/c1-7(12)11(13)16-10-8(14-2)5-4-6-9(10)15-3/h4-7H,1-3H3. The Morgan fingerprint density at radius 2 is 1.75 bits per heavy atom. The maximum absolute atomic E-state index is 11.5. The van der Waals surface area contributed by atoms with Gasteiger partial charge in [-0.25, -0.2) is 0 Å². The molecule has 1 atom stereocenters. The molecule has 0 saturated heterocycles. The van der Waals surface area contributed by atoms with Gasteiger partial charge in [-0.3, -0.25) is 4.79 Å². The first-order valence-electron chi connectivity index (χ1n) is 4.67. The van der Waals surface area contributed by atoms with Gasteiger partial charge in [-0.2, -0.15) is 0 Å². The third-order valence-electron chi connectivity index (χ3n) is 1.91. The molecule has 4 nitrogen and oxygen atoms in total. The fourth-order valence-corrected chi connectivity index (χ4v) is 1.19. The van der Waals surface area contributed by atoms with Crippen LogP contribution in [0.1, 0.15) is 6.92 Å². The van der Waals surface area contributed by atoms with E-state index in [4.69, 9.17) is 14.2 Å². The van der Waals surface area contributed by atoms with Gasteiger partial charge in [0.25, 0.3) is 0 Å². The molecule has 0 saturated carbocycles. The fourth-order valence-electron chi connectivity index (χ4n) is 1.10. The molecule has 0 N–H and O–H groups in total. The second-order valence-electron chi connectivity index (χ2n) is 3.03. The van der Waals surface area contributed by atoms with Crippen molar-refractivity contribution >= 4 is 21.9 Å². The molecule has 0 aromatic heterocycles. The summed E-state index contributed by atoms with van der Waals surface area (Å²) in [4.78, 5) is 11.1. The molecule has 0 spiro atoms. The molecule has 0 amide bonds. The summed E-state index contributed by atoms with van der Waals surface area (Å²) in [6.45, 7) is 1.68. The van der Waals surface area contributed by atoms with Crippen LogP contribution in [-0.2, 0) is 4.79 Å². The molecule has 0 fully saturated rings. The average Bonchev–Trinajstić information content (AvgIpc) is 2.29. The maximum Gasteiger partial charge on any atom is 0.325 e. The molecule has 0 radical (unpaired) electrons. The van der Waals surface area contributed by atoms with E-state index in [-0.39, 0.29) is 4.83 Å². The number of alkyl halides is 1. The summed E-state index contributed by atoms with van der Waals surface area (Å²) in [5.41, 5.74) is 0. The van der Waals surface area contributed by atoms with Crippen LogP contribution in [0.3, 0.4) is 0 Å². The molecule has 0 aliphatic carbocycles. The first-order valence-corrected chi connectivity index (χ1v) is 5.58. The van der Waals surface area contributed by atoms with Gasteiger partial charge in [0.05, 0.1) is 14.2 Å². The third kappa shape index (κ3) is 2.88. The molecule has 0 aliphatic heterocycles. The molecule has 1 aromatic carbocycles. The summed E-state index contributed by atoms with van der Waals surface area (Å²) in [6, 6.07) is 5.15. The smallest absolute Gasteiger partial charge is 0.325 e. The average molecular weight is 289 g/mol. The van der Waals surface area contributed by atoms with Crippen LogP contribution < -0.4 is 14.2 Å². The van der Waals surface area contributed by atoms with Gasteiger partial charge in [0.2, 0.25) is 5.75 Å². The van der Waals surface area contributed by atoms with Crippen molar-refractivity contribution in [2.45, 2.75) is 11.8 Å². The molecule has 5 heteroatoms. The molecular formula is C11H13BrO4. The van der Waals surface area contributed by atoms with Gasteiger partial charge in [0.15, 0.2) is 11.5 Å². The Morgan fingerprint density at radius 3 is 2.12 bits per heavy atom. The van der Waals surface area contributed by atoms with Gasteiger partial charge >= 0.3 is 5.97 Å². The summed E-state index contributed by atoms with van der Waals surface area (Å²) in [6.07, 6.45) is 0. The number of carbonyl (C=O) groups is 1. The van der Waals surface area contributed by atoms with Crippen molar-refractivity contribution in [2.75, 3.05) is 14.2 Å². The minimum Gasteiger partial charge on any atom is -0.493 e. The Balaban J connectivity index is 3.04. The minimum atomic E-state index is -0.400. The Labute approximate surface area is 103 Å². The van der Waals surface area contributed by atoms with Gasteiger partial charge in [-0.05, 0) is 19.1 Å². The second-order valence-corrected chi connectivity index (χ2v) is 4.40. The molecule has 0 aliphatic rings. The van der Waals surface area contributed by atoms with E-state index in [0.717, 1.165) is 0 Å². The van der Waals surface area contributed by atoms with E-state index >= 15 is 0 Å². The lowest BCUT2D eigenvalue weighted by atomic mass is 10.3. The van der Waals surface area contributed by atoms with Crippen LogP contribution in [0.15, 0.2) is 18.2 Å². The van der Waals surface area contributed by atoms with Crippen molar-refractivity contribution in [1.29, 1.82) is 0 Å². The van der Waals surface area contributed by atoms with Gasteiger partial charge in [0, 0.05) is 0 Å². The number of hydrogen-bond acceptors (Lipinski definition) is 4. The number of ether oxygens (including phenoxy) is 3. The second kappa shape index (κ2) is 5.75. The van der Waals surface area contributed by atoms with Crippen molar-refractivity contribution in [2.24, 2.45) is 0 Å². The van der Waals surface area contributed by atoms with Gasteiger partial charge in [-0.1, -0.05) is 22.0 Å². The lowest BCUT2D eigenvalue weighted by Crippen LogP contribution is -2.17. The Bertz CT molecular complexity index is 354. The van der Waals surface area contributed by atoms with Crippen LogP contribution in [0.4, 0.5) is 0 Å². The first-order chi connectivity index (χ1) is 7.60. The lowest BCUT2D eigenvalue weighted by molar-refractivity contribution is -0.133. The van der Waals surface area contributed by atoms with Crippen LogP contribution in [0.5, 0.6) is 17.2 Å². The number of rotatable bonds is 4. The molecule has 1 rings (SSSR count). The number of carbonyl (C=O) groups excluding carboxylic acids is 1. The Kier molecular flexibility index (Phi) is 4.61. The lowest BCUT2D eigenvalue weighted by Gasteiger charge is -2.13. The van der Waals surface area contributed by atoms with Crippen LogP contribution in [0, 0.1) is 0 Å². The van der Waals surface area contributed by atoms with E-state index in [1.807, 2.05) is 0 Å². The zero-order valence-electron chi connectivity index (χ0n) is 9.32. The van der Waals surface area contributed by atoms with Crippen molar-refractivity contribution < 1.29 is 19.0 Å². The monoisotopic (exact) mass is 288 g/mol. The molecule has 0 bridgehead atoms. The van der Waals surface area contributed by atoms with Crippen molar-refractivity contribution in [3.63, 3.8) is 0 Å². The highest BCUT2D eigenvalue weighted by molar-refractivity contribution is 9.10. The van der Waals surface area contributed by atoms with E-state index < -0.39 is 5.97 Å². The third-order valence-corrected chi connectivity index (χ3v) is 2.28. The van der Waals surface area contributed by atoms with E-state index in [2.05, 4.69) is 15.9 Å². The topological polar surface area (TPSA) is 44.8 Å². The van der Waals surface area contributed by atoms with Crippen molar-refractivity contribution in [3.05, 3.63) is 18.2 Å². The predicted molar refractivity (Wildman–Crippen MR) is 63.6 cm³/mol. The summed E-state index contributed by atoms with van der Waals surface area (Å²) >= 11 is 3.13. The molecule has 1 aromatic rings. The largest absolute Gasteiger partial charge is 0.493 e. The first kappa shape index (κ1) is 12.8. The Hall–Kier alpha value is -1.23. The van der Waals surface area contributed by atoms with Gasteiger partial charge in [0.1, 0.15) is 4.83 Å². The highest BCUT2D eigenvalue weighted by Crippen LogP contribution is 2.37. The summed E-state index contributed by atoms with van der Waals surface area (Å²) in [5.74, 6) is 0.813. The number of para-hydroxylation sites is 1. The number of hydrogen-bond donors (Lipinski definition) is 0. The summed E-state index contributed by atoms with van der Waals surface area (Å²) in [7, 11) is 3.01. The van der Waals surface area contributed by atoms with Gasteiger partial charge in [-0.15, -0.1) is 0 Å². The molecule has 16 heavy (non-hydrogen) atoms. The van der Waals surface area contributed by atoms with Crippen LogP contribution in [0.25, 0.3) is 0 Å². The van der Waals surface area contributed by atoms with Crippen LogP contribution in [0.2, 0.25) is 0 Å². The zero-order chi connectivity index (χ0) is 12.1. The molecule has 0 heterocycles. The van der Waals surface area contributed by atoms with E-state index in [0.29, 0.717) is 17.2 Å². The summed E-state index contributed by atoms with van der Waals surface area (Å²) < 4.78 is 15.4. The Morgan fingerprint density at radius 1 is 1.25 bits per heavy atom.